The molecule has 0 rings (SSSR count). The maximum absolute atomic E-state index is 8.55. The van der Waals surface area contributed by atoms with Gasteiger partial charge in [0.2, 0.25) is 0 Å². The zero-order chi connectivity index (χ0) is 4.50. The second-order valence-electron chi connectivity index (χ2n) is 0.447. The minimum Gasteiger partial charge on any atom is -0.822 e. The molecule has 0 aromatic rings. The second-order valence-corrected chi connectivity index (χ2v) is 1.34. The predicted octanol–water partition coefficient (Wildman–Crippen LogP) is -3.59. The van der Waals surface area contributed by atoms with Gasteiger partial charge in [-0.2, -0.15) is 7.82 Å². The zero-order valence-corrected chi connectivity index (χ0v) is 9.31. The van der Waals surface area contributed by atoms with Crippen LogP contribution < -0.4 is 14.7 Å². The zero-order valence-electron chi connectivity index (χ0n) is 3.77. The van der Waals surface area contributed by atoms with E-state index in [1.807, 2.05) is 0 Å². The van der Waals surface area contributed by atoms with E-state index in [9.17, 15) is 0 Å². The summed E-state index contributed by atoms with van der Waals surface area (Å²) in [5.74, 6) is 0. The number of phosphoric acid groups is 1. The van der Waals surface area contributed by atoms with Crippen molar-refractivity contribution in [3.63, 3.8) is 0 Å². The number of hydrogen-bond donors (Lipinski definition) is 0. The Labute approximate surface area is 98.2 Å². The first-order valence-electron chi connectivity index (χ1n) is 0.730. The van der Waals surface area contributed by atoms with Crippen LogP contribution >= 0.6 is 7.82 Å². The predicted molar refractivity (Wildman–Crippen MR) is 19.1 cm³/mol. The van der Waals surface area contributed by atoms with Crippen LogP contribution in [-0.2, 0) is 21.9 Å². The molecule has 0 spiro atoms. The van der Waals surface area contributed by atoms with Crippen molar-refractivity contribution in [1.29, 1.82) is 0 Å². The summed E-state index contributed by atoms with van der Waals surface area (Å²) in [6.45, 7) is 0. The Morgan fingerprint density at radius 2 is 1.12 bits per heavy atom. The van der Waals surface area contributed by atoms with Gasteiger partial charge in [-0.3, -0.25) is 0 Å². The van der Waals surface area contributed by atoms with Crippen molar-refractivity contribution in [2.75, 3.05) is 0 Å². The van der Waals surface area contributed by atoms with Gasteiger partial charge in [0.05, 0.1) is 0 Å². The normalized spacial score (nSPS) is 7.38. The monoisotopic (exact) mass is 214 g/mol. The second kappa shape index (κ2) is 9.43. The summed E-state index contributed by atoms with van der Waals surface area (Å²) in [5, 5.41) is 0. The summed E-state index contributed by atoms with van der Waals surface area (Å²) < 4.78 is 8.55. The van der Waals surface area contributed by atoms with E-state index in [1.54, 1.807) is 0 Å². The van der Waals surface area contributed by atoms with Gasteiger partial charge in [0.25, 0.3) is 0 Å². The molecule has 0 aliphatic rings. The molecule has 0 saturated carbocycles. The third-order valence-corrected chi connectivity index (χ3v) is 0. The van der Waals surface area contributed by atoms with Crippen molar-refractivity contribution in [3.05, 3.63) is 0 Å². The van der Waals surface area contributed by atoms with Crippen molar-refractivity contribution in [2.45, 2.75) is 0 Å². The Morgan fingerprint density at radius 1 is 1.12 bits per heavy atom. The largest absolute Gasteiger partial charge is 3.00 e. The first-order valence-corrected chi connectivity index (χ1v) is 2.19. The third kappa shape index (κ3) is 78.7. The van der Waals surface area contributed by atoms with Crippen LogP contribution in [0, 0.1) is 0 Å². The quantitative estimate of drug-likeness (QED) is 0.308. The minimum atomic E-state index is -5.39. The van der Waals surface area contributed by atoms with E-state index >= 15 is 0 Å². The minimum absolute atomic E-state index is 0. The van der Waals surface area contributed by atoms with Crippen LogP contribution in [-0.4, -0.2) is 55.1 Å². The molecule has 0 unspecified atom stereocenters. The Bertz CT molecular complexity index is 62.2. The molecule has 0 saturated heterocycles. The summed E-state index contributed by atoms with van der Waals surface area (Å²) >= 11 is 0. The molecule has 0 aliphatic heterocycles. The van der Waals surface area contributed by atoms with Crippen LogP contribution in [0.5, 0.6) is 0 Å². The molecular weight excluding hydrogens is 214 g/mol. The Morgan fingerprint density at radius 3 is 1.12 bits per heavy atom. The third-order valence-electron chi connectivity index (χ3n) is 0. The van der Waals surface area contributed by atoms with Crippen LogP contribution in [0.1, 0.15) is 0 Å². The van der Waals surface area contributed by atoms with Crippen molar-refractivity contribution in [3.8, 4) is 0 Å². The summed E-state index contributed by atoms with van der Waals surface area (Å²) in [4.78, 5) is 25.6. The van der Waals surface area contributed by atoms with Gasteiger partial charge in [-0.05, 0) is 0 Å². The van der Waals surface area contributed by atoms with Gasteiger partial charge in [-0.15, -0.1) is 0 Å². The molecule has 0 aliphatic carbocycles. The van der Waals surface area contributed by atoms with Crippen LogP contribution in [0.2, 0.25) is 0 Å². The summed E-state index contributed by atoms with van der Waals surface area (Å²) in [7, 11) is -5.39. The van der Waals surface area contributed by atoms with Crippen molar-refractivity contribution >= 4 is 62.9 Å². The molecule has 0 aromatic heterocycles. The molecular formula is AlCaCrO4P+5. The van der Waals surface area contributed by atoms with Crippen LogP contribution in [0.15, 0.2) is 0 Å². The van der Waals surface area contributed by atoms with Gasteiger partial charge >= 0.3 is 72.5 Å². The molecule has 0 aromatic carbocycles. The van der Waals surface area contributed by atoms with E-state index in [4.69, 9.17) is 19.2 Å². The van der Waals surface area contributed by atoms with Gasteiger partial charge in [0.15, 0.2) is 0 Å². The molecule has 0 heterocycles. The molecule has 35 valence electrons. The molecule has 0 amide bonds. The molecule has 8 heteroatoms. The van der Waals surface area contributed by atoms with E-state index in [-0.39, 0.29) is 72.5 Å². The Kier molecular flexibility index (Phi) is 26.5. The number of rotatable bonds is 0. The van der Waals surface area contributed by atoms with Gasteiger partial charge in [-0.25, -0.2) is 0 Å². The van der Waals surface area contributed by atoms with E-state index in [2.05, 4.69) is 0 Å². The van der Waals surface area contributed by atoms with E-state index < -0.39 is 7.82 Å². The standard InChI is InChI=1S/Al.Ca.Cr.H3O4P/c;;;1-5(2,3)4/h;;;(H3,1,2,3,4)/q+3;+2;+3;/p-3. The van der Waals surface area contributed by atoms with Crippen molar-refractivity contribution in [2.24, 2.45) is 0 Å². The molecule has 0 N–H and O–H groups in total. The van der Waals surface area contributed by atoms with E-state index in [1.165, 1.54) is 0 Å². The molecule has 8 heavy (non-hydrogen) atoms. The number of hydrogen-bond acceptors (Lipinski definition) is 4. The van der Waals surface area contributed by atoms with Crippen LogP contribution in [0.25, 0.3) is 0 Å². The van der Waals surface area contributed by atoms with Crippen LogP contribution in [0.3, 0.4) is 0 Å². The fourth-order valence-electron chi connectivity index (χ4n) is 0. The average molecular weight is 214 g/mol. The average Bonchev–Trinajstić information content (AvgIpc) is 0.722. The Balaban J connectivity index is -0.0000000267. The van der Waals surface area contributed by atoms with Gasteiger partial charge < -0.3 is 19.2 Å². The molecule has 4 nitrogen and oxygen atoms in total. The van der Waals surface area contributed by atoms with Crippen molar-refractivity contribution in [1.82, 2.24) is 0 Å². The molecule has 0 fully saturated rings. The molecule has 1 radical (unpaired) electrons. The van der Waals surface area contributed by atoms with Gasteiger partial charge in [-0.1, -0.05) is 0 Å². The molecule has 0 atom stereocenters. The SMILES string of the molecule is O=P([O-])([O-])[O-].[Al+3].[Ca+2].[Cr+3]. The first kappa shape index (κ1) is 22.4. The summed E-state index contributed by atoms with van der Waals surface area (Å²) in [6.07, 6.45) is 0. The topological polar surface area (TPSA) is 86.2 Å². The van der Waals surface area contributed by atoms with Crippen LogP contribution in [0.4, 0.5) is 0 Å². The van der Waals surface area contributed by atoms with Gasteiger partial charge in [0.1, 0.15) is 0 Å². The fourth-order valence-corrected chi connectivity index (χ4v) is 0. The van der Waals surface area contributed by atoms with E-state index in [0.29, 0.717) is 0 Å². The Hall–Kier alpha value is 2.43. The maximum atomic E-state index is 8.55. The fraction of sp³-hybridized carbons (Fsp3) is 0. The van der Waals surface area contributed by atoms with Gasteiger partial charge in [0, 0.05) is 0 Å². The van der Waals surface area contributed by atoms with E-state index in [0.717, 1.165) is 0 Å². The summed E-state index contributed by atoms with van der Waals surface area (Å²) in [6, 6.07) is 0. The van der Waals surface area contributed by atoms with Crippen molar-refractivity contribution < 1.29 is 36.6 Å². The summed E-state index contributed by atoms with van der Waals surface area (Å²) in [5.41, 5.74) is 0. The maximum Gasteiger partial charge on any atom is 3.00 e. The smallest absolute Gasteiger partial charge is 0.822 e. The first-order chi connectivity index (χ1) is 2.00. The molecule has 0 bridgehead atoms.